The SMILES string of the molecule is CC#CCNCc1cccc(C(F)F)c1. The van der Waals surface area contributed by atoms with Crippen molar-refractivity contribution >= 4 is 0 Å². The van der Waals surface area contributed by atoms with Crippen LogP contribution in [0.5, 0.6) is 0 Å². The minimum atomic E-state index is -2.40. The molecular formula is C12H13F2N. The van der Waals surface area contributed by atoms with E-state index in [1.54, 1.807) is 13.0 Å². The largest absolute Gasteiger partial charge is 0.302 e. The first-order chi connectivity index (χ1) is 7.24. The molecule has 0 atom stereocenters. The molecular weight excluding hydrogens is 196 g/mol. The molecule has 1 aromatic rings. The third-order valence-corrected chi connectivity index (χ3v) is 1.92. The summed E-state index contributed by atoms with van der Waals surface area (Å²) >= 11 is 0. The quantitative estimate of drug-likeness (QED) is 0.594. The van der Waals surface area contributed by atoms with Gasteiger partial charge in [0, 0.05) is 12.1 Å². The maximum absolute atomic E-state index is 12.3. The molecule has 3 heteroatoms. The van der Waals surface area contributed by atoms with Gasteiger partial charge in [-0.1, -0.05) is 24.1 Å². The van der Waals surface area contributed by atoms with Crippen molar-refractivity contribution in [2.75, 3.05) is 6.54 Å². The van der Waals surface area contributed by atoms with Crippen molar-refractivity contribution in [3.05, 3.63) is 35.4 Å². The lowest BCUT2D eigenvalue weighted by Crippen LogP contribution is -2.13. The Morgan fingerprint density at radius 3 is 2.87 bits per heavy atom. The number of nitrogens with one attached hydrogen (secondary N) is 1. The van der Waals surface area contributed by atoms with Gasteiger partial charge in [-0.15, -0.1) is 5.92 Å². The minimum Gasteiger partial charge on any atom is -0.302 e. The summed E-state index contributed by atoms with van der Waals surface area (Å²) in [6.45, 7) is 2.91. The van der Waals surface area contributed by atoms with Crippen LogP contribution in [-0.2, 0) is 6.54 Å². The van der Waals surface area contributed by atoms with E-state index in [0.29, 0.717) is 13.1 Å². The van der Waals surface area contributed by atoms with E-state index in [1.165, 1.54) is 12.1 Å². The van der Waals surface area contributed by atoms with E-state index in [9.17, 15) is 8.78 Å². The van der Waals surface area contributed by atoms with E-state index in [-0.39, 0.29) is 5.56 Å². The predicted molar refractivity (Wildman–Crippen MR) is 56.6 cm³/mol. The zero-order valence-electron chi connectivity index (χ0n) is 8.56. The summed E-state index contributed by atoms with van der Waals surface area (Å²) in [4.78, 5) is 0. The molecule has 0 radical (unpaired) electrons. The van der Waals surface area contributed by atoms with E-state index >= 15 is 0 Å². The molecule has 0 aliphatic rings. The van der Waals surface area contributed by atoms with E-state index in [2.05, 4.69) is 17.2 Å². The molecule has 1 nitrogen and oxygen atoms in total. The van der Waals surface area contributed by atoms with Crippen LogP contribution in [0, 0.1) is 11.8 Å². The Hall–Kier alpha value is -1.40. The molecule has 0 heterocycles. The van der Waals surface area contributed by atoms with Crippen molar-refractivity contribution in [2.45, 2.75) is 19.9 Å². The summed E-state index contributed by atoms with van der Waals surface area (Å²) in [7, 11) is 0. The Balaban J connectivity index is 2.53. The molecule has 0 fully saturated rings. The Bertz CT molecular complexity index is 363. The van der Waals surface area contributed by atoms with E-state index in [0.717, 1.165) is 5.56 Å². The van der Waals surface area contributed by atoms with Crippen LogP contribution in [0.3, 0.4) is 0 Å². The second-order valence-corrected chi connectivity index (χ2v) is 3.08. The standard InChI is InChI=1S/C12H13F2N/c1-2-3-7-15-9-10-5-4-6-11(8-10)12(13)14/h4-6,8,12,15H,7,9H2,1H3. The minimum absolute atomic E-state index is 0.0656. The highest BCUT2D eigenvalue weighted by molar-refractivity contribution is 5.24. The fraction of sp³-hybridized carbons (Fsp3) is 0.333. The molecule has 15 heavy (non-hydrogen) atoms. The zero-order valence-corrected chi connectivity index (χ0v) is 8.56. The van der Waals surface area contributed by atoms with Crippen molar-refractivity contribution in [1.29, 1.82) is 0 Å². The second kappa shape index (κ2) is 6.15. The first-order valence-corrected chi connectivity index (χ1v) is 4.71. The molecule has 0 spiro atoms. The van der Waals surface area contributed by atoms with Crippen LogP contribution in [0.1, 0.15) is 24.5 Å². The Morgan fingerprint density at radius 1 is 1.40 bits per heavy atom. The first-order valence-electron chi connectivity index (χ1n) is 4.71. The monoisotopic (exact) mass is 209 g/mol. The van der Waals surface area contributed by atoms with Gasteiger partial charge in [0.25, 0.3) is 6.43 Å². The highest BCUT2D eigenvalue weighted by Gasteiger charge is 2.06. The smallest absolute Gasteiger partial charge is 0.263 e. The maximum atomic E-state index is 12.3. The lowest BCUT2D eigenvalue weighted by molar-refractivity contribution is 0.151. The third kappa shape index (κ3) is 4.09. The van der Waals surface area contributed by atoms with Crippen molar-refractivity contribution in [2.24, 2.45) is 0 Å². The second-order valence-electron chi connectivity index (χ2n) is 3.08. The van der Waals surface area contributed by atoms with Crippen molar-refractivity contribution in [1.82, 2.24) is 5.32 Å². The van der Waals surface area contributed by atoms with Gasteiger partial charge in [-0.25, -0.2) is 8.78 Å². The van der Waals surface area contributed by atoms with E-state index in [1.807, 2.05) is 6.07 Å². The van der Waals surface area contributed by atoms with Crippen LogP contribution < -0.4 is 5.32 Å². The molecule has 0 aromatic heterocycles. The average molecular weight is 209 g/mol. The molecule has 0 unspecified atom stereocenters. The normalized spacial score (nSPS) is 9.87. The fourth-order valence-electron chi connectivity index (χ4n) is 1.20. The van der Waals surface area contributed by atoms with Gasteiger partial charge in [0.15, 0.2) is 0 Å². The molecule has 0 saturated carbocycles. The van der Waals surface area contributed by atoms with Crippen LogP contribution in [0.15, 0.2) is 24.3 Å². The highest BCUT2D eigenvalue weighted by Crippen LogP contribution is 2.19. The van der Waals surface area contributed by atoms with Gasteiger partial charge in [0.05, 0.1) is 6.54 Å². The van der Waals surface area contributed by atoms with Gasteiger partial charge in [-0.05, 0) is 18.6 Å². The number of alkyl halides is 2. The van der Waals surface area contributed by atoms with Crippen LogP contribution in [0.2, 0.25) is 0 Å². The Kier molecular flexibility index (Phi) is 4.79. The molecule has 0 aliphatic heterocycles. The molecule has 0 amide bonds. The Labute approximate surface area is 88.5 Å². The summed E-state index contributed by atoms with van der Waals surface area (Å²) in [6.07, 6.45) is -2.40. The summed E-state index contributed by atoms with van der Waals surface area (Å²) < 4.78 is 24.7. The van der Waals surface area contributed by atoms with Crippen LogP contribution in [-0.4, -0.2) is 6.54 Å². The highest BCUT2D eigenvalue weighted by atomic mass is 19.3. The molecule has 0 aliphatic carbocycles. The van der Waals surface area contributed by atoms with Gasteiger partial charge in [0.2, 0.25) is 0 Å². The summed E-state index contributed by atoms with van der Waals surface area (Å²) in [5, 5.41) is 3.05. The predicted octanol–water partition coefficient (Wildman–Crippen LogP) is 2.74. The number of benzene rings is 1. The first kappa shape index (κ1) is 11.7. The van der Waals surface area contributed by atoms with Gasteiger partial charge in [-0.2, -0.15) is 0 Å². The summed E-state index contributed by atoms with van der Waals surface area (Å²) in [5.41, 5.74) is 0.918. The molecule has 1 rings (SSSR count). The van der Waals surface area contributed by atoms with Crippen LogP contribution in [0.4, 0.5) is 8.78 Å². The van der Waals surface area contributed by atoms with Crippen LogP contribution >= 0.6 is 0 Å². The van der Waals surface area contributed by atoms with Gasteiger partial charge in [-0.3, -0.25) is 0 Å². The topological polar surface area (TPSA) is 12.0 Å². The number of halogens is 2. The van der Waals surface area contributed by atoms with Crippen molar-refractivity contribution in [3.8, 4) is 11.8 Å². The average Bonchev–Trinajstić information content (AvgIpc) is 2.25. The zero-order chi connectivity index (χ0) is 11.1. The van der Waals surface area contributed by atoms with Gasteiger partial charge in [0.1, 0.15) is 0 Å². The number of hydrogen-bond donors (Lipinski definition) is 1. The maximum Gasteiger partial charge on any atom is 0.263 e. The molecule has 1 N–H and O–H groups in total. The summed E-state index contributed by atoms with van der Waals surface area (Å²) in [5.74, 6) is 5.60. The van der Waals surface area contributed by atoms with E-state index < -0.39 is 6.43 Å². The van der Waals surface area contributed by atoms with Crippen molar-refractivity contribution in [3.63, 3.8) is 0 Å². The fourth-order valence-corrected chi connectivity index (χ4v) is 1.20. The third-order valence-electron chi connectivity index (χ3n) is 1.92. The van der Waals surface area contributed by atoms with Crippen LogP contribution in [0.25, 0.3) is 0 Å². The van der Waals surface area contributed by atoms with Crippen molar-refractivity contribution < 1.29 is 8.78 Å². The molecule has 80 valence electrons. The lowest BCUT2D eigenvalue weighted by atomic mass is 10.1. The Morgan fingerprint density at radius 2 is 2.20 bits per heavy atom. The number of hydrogen-bond acceptors (Lipinski definition) is 1. The molecule has 0 saturated heterocycles. The van der Waals surface area contributed by atoms with Gasteiger partial charge >= 0.3 is 0 Å². The number of rotatable bonds is 4. The lowest BCUT2D eigenvalue weighted by Gasteiger charge is -2.04. The van der Waals surface area contributed by atoms with Gasteiger partial charge < -0.3 is 5.32 Å². The van der Waals surface area contributed by atoms with E-state index in [4.69, 9.17) is 0 Å². The molecule has 0 bridgehead atoms. The molecule has 1 aromatic carbocycles. The summed E-state index contributed by atoms with van der Waals surface area (Å²) in [6, 6.07) is 6.40.